The number of nitrogens with one attached hydrogen (secondary N) is 1. The fourth-order valence-electron chi connectivity index (χ4n) is 3.15. The number of rotatable bonds is 5. The quantitative estimate of drug-likeness (QED) is 0.856. The number of carbonyl (C=O) groups is 2. The van der Waals surface area contributed by atoms with Gasteiger partial charge in [-0.3, -0.25) is 14.6 Å². The van der Waals surface area contributed by atoms with Crippen molar-refractivity contribution in [3.8, 4) is 6.07 Å². The van der Waals surface area contributed by atoms with E-state index in [9.17, 15) is 18.4 Å². The summed E-state index contributed by atoms with van der Waals surface area (Å²) in [6.45, 7) is -1.27. The molecule has 28 heavy (non-hydrogen) atoms. The number of hydrogen-bond acceptors (Lipinski definition) is 4. The molecule has 6 nitrogen and oxygen atoms in total. The number of nitriles is 1. The second-order valence-electron chi connectivity index (χ2n) is 6.60. The standard InChI is InChI=1S/C20H18F2N4O2/c21-20(22)9-16(10-23)26(13-20)18(27)12-25-19(28)17-6-7-24-11-15(17)8-14-4-2-1-3-5-14/h1-7,11,16H,8-9,12-13H2,(H,25,28). The van der Waals surface area contributed by atoms with Crippen LogP contribution in [0, 0.1) is 11.3 Å². The molecule has 1 fully saturated rings. The molecule has 0 radical (unpaired) electrons. The molecule has 1 aromatic heterocycles. The van der Waals surface area contributed by atoms with Gasteiger partial charge in [-0.1, -0.05) is 30.3 Å². The highest BCUT2D eigenvalue weighted by molar-refractivity contribution is 5.97. The molecule has 0 saturated carbocycles. The van der Waals surface area contributed by atoms with Crippen molar-refractivity contribution in [3.05, 3.63) is 65.5 Å². The van der Waals surface area contributed by atoms with Crippen LogP contribution in [0.2, 0.25) is 0 Å². The highest BCUT2D eigenvalue weighted by atomic mass is 19.3. The highest BCUT2D eigenvalue weighted by Crippen LogP contribution is 2.31. The van der Waals surface area contributed by atoms with E-state index in [1.807, 2.05) is 30.3 Å². The maximum absolute atomic E-state index is 13.5. The predicted molar refractivity (Wildman–Crippen MR) is 96.5 cm³/mol. The Morgan fingerprint density at radius 3 is 2.75 bits per heavy atom. The predicted octanol–water partition coefficient (Wildman–Crippen LogP) is 2.16. The fraction of sp³-hybridized carbons (Fsp3) is 0.300. The van der Waals surface area contributed by atoms with Crippen LogP contribution in [0.5, 0.6) is 0 Å². The van der Waals surface area contributed by atoms with Crippen LogP contribution in [0.4, 0.5) is 8.78 Å². The summed E-state index contributed by atoms with van der Waals surface area (Å²) >= 11 is 0. The first kappa shape index (κ1) is 19.4. The van der Waals surface area contributed by atoms with Gasteiger partial charge in [-0.05, 0) is 23.6 Å². The summed E-state index contributed by atoms with van der Waals surface area (Å²) in [5.41, 5.74) is 2.04. The molecule has 1 aliphatic heterocycles. The maximum atomic E-state index is 13.5. The van der Waals surface area contributed by atoms with Crippen LogP contribution >= 0.6 is 0 Å². The second kappa shape index (κ2) is 8.13. The number of carbonyl (C=O) groups excluding carboxylic acids is 2. The monoisotopic (exact) mass is 384 g/mol. The van der Waals surface area contributed by atoms with E-state index < -0.39 is 43.3 Å². The molecule has 144 valence electrons. The third-order valence-corrected chi connectivity index (χ3v) is 4.53. The SMILES string of the molecule is N#CC1CC(F)(F)CN1C(=O)CNC(=O)c1ccncc1Cc1ccccc1. The van der Waals surface area contributed by atoms with Crippen LogP contribution in [0.1, 0.15) is 27.9 Å². The van der Waals surface area contributed by atoms with Crippen LogP contribution in [0.3, 0.4) is 0 Å². The fourth-order valence-corrected chi connectivity index (χ4v) is 3.15. The van der Waals surface area contributed by atoms with Gasteiger partial charge in [0, 0.05) is 24.4 Å². The summed E-state index contributed by atoms with van der Waals surface area (Å²) in [5, 5.41) is 11.4. The van der Waals surface area contributed by atoms with Crippen molar-refractivity contribution in [2.24, 2.45) is 0 Å². The smallest absolute Gasteiger partial charge is 0.268 e. The second-order valence-corrected chi connectivity index (χ2v) is 6.60. The lowest BCUT2D eigenvalue weighted by molar-refractivity contribution is -0.131. The number of likely N-dealkylation sites (tertiary alicyclic amines) is 1. The van der Waals surface area contributed by atoms with Crippen LogP contribution in [-0.4, -0.2) is 46.8 Å². The molecule has 1 atom stereocenters. The van der Waals surface area contributed by atoms with Gasteiger partial charge in [0.25, 0.3) is 11.8 Å². The van der Waals surface area contributed by atoms with Crippen LogP contribution in [0.25, 0.3) is 0 Å². The summed E-state index contributed by atoms with van der Waals surface area (Å²) in [6.07, 6.45) is 2.85. The molecule has 2 amide bonds. The molecule has 1 unspecified atom stereocenters. The lowest BCUT2D eigenvalue weighted by Crippen LogP contribution is -2.43. The van der Waals surface area contributed by atoms with Crippen molar-refractivity contribution in [1.29, 1.82) is 5.26 Å². The number of hydrogen-bond donors (Lipinski definition) is 1. The van der Waals surface area contributed by atoms with E-state index >= 15 is 0 Å². The van der Waals surface area contributed by atoms with Crippen LogP contribution in [-0.2, 0) is 11.2 Å². The number of amides is 2. The summed E-state index contributed by atoms with van der Waals surface area (Å²) in [7, 11) is 0. The van der Waals surface area contributed by atoms with Crippen molar-refractivity contribution in [2.75, 3.05) is 13.1 Å². The van der Waals surface area contributed by atoms with Gasteiger partial charge in [0.15, 0.2) is 0 Å². The topological polar surface area (TPSA) is 86.1 Å². The zero-order chi connectivity index (χ0) is 20.1. The summed E-state index contributed by atoms with van der Waals surface area (Å²) in [5.74, 6) is -4.30. The average molecular weight is 384 g/mol. The number of nitrogens with zero attached hydrogens (tertiary/aromatic N) is 3. The van der Waals surface area contributed by atoms with Crippen molar-refractivity contribution >= 4 is 11.8 Å². The third-order valence-electron chi connectivity index (χ3n) is 4.53. The molecular weight excluding hydrogens is 366 g/mol. The number of aromatic nitrogens is 1. The molecular formula is C20H18F2N4O2. The molecule has 1 N–H and O–H groups in total. The Morgan fingerprint density at radius 2 is 2.04 bits per heavy atom. The zero-order valence-corrected chi connectivity index (χ0v) is 14.9. The zero-order valence-electron chi connectivity index (χ0n) is 14.9. The van der Waals surface area contributed by atoms with Crippen molar-refractivity contribution in [3.63, 3.8) is 0 Å². The van der Waals surface area contributed by atoms with E-state index in [1.54, 1.807) is 18.3 Å². The van der Waals surface area contributed by atoms with E-state index in [0.717, 1.165) is 10.5 Å². The molecule has 8 heteroatoms. The third kappa shape index (κ3) is 4.49. The van der Waals surface area contributed by atoms with E-state index in [-0.39, 0.29) is 0 Å². The van der Waals surface area contributed by atoms with Gasteiger partial charge in [-0.15, -0.1) is 0 Å². The van der Waals surface area contributed by atoms with E-state index in [1.165, 1.54) is 6.20 Å². The van der Waals surface area contributed by atoms with Crippen molar-refractivity contribution in [2.45, 2.75) is 24.8 Å². The van der Waals surface area contributed by atoms with Crippen molar-refractivity contribution in [1.82, 2.24) is 15.2 Å². The summed E-state index contributed by atoms with van der Waals surface area (Å²) in [4.78, 5) is 29.6. The van der Waals surface area contributed by atoms with E-state index in [0.29, 0.717) is 17.5 Å². The van der Waals surface area contributed by atoms with E-state index in [4.69, 9.17) is 5.26 Å². The van der Waals surface area contributed by atoms with Gasteiger partial charge >= 0.3 is 0 Å². The lowest BCUT2D eigenvalue weighted by Gasteiger charge is -2.19. The van der Waals surface area contributed by atoms with Crippen LogP contribution < -0.4 is 5.32 Å². The minimum atomic E-state index is -3.09. The first-order valence-corrected chi connectivity index (χ1v) is 8.71. The Morgan fingerprint density at radius 1 is 1.29 bits per heavy atom. The Bertz CT molecular complexity index is 912. The normalized spacial score (nSPS) is 17.8. The first-order chi connectivity index (χ1) is 13.4. The van der Waals surface area contributed by atoms with Gasteiger partial charge in [0.1, 0.15) is 6.04 Å². The first-order valence-electron chi connectivity index (χ1n) is 8.71. The Kier molecular flexibility index (Phi) is 5.64. The highest BCUT2D eigenvalue weighted by Gasteiger charge is 2.47. The molecule has 1 aliphatic rings. The number of benzene rings is 1. The van der Waals surface area contributed by atoms with Crippen molar-refractivity contribution < 1.29 is 18.4 Å². The maximum Gasteiger partial charge on any atom is 0.268 e. The number of alkyl halides is 2. The largest absolute Gasteiger partial charge is 0.343 e. The Hall–Kier alpha value is -3.34. The number of halogens is 2. The van der Waals surface area contributed by atoms with E-state index in [2.05, 4.69) is 10.3 Å². The van der Waals surface area contributed by atoms with Crippen LogP contribution in [0.15, 0.2) is 48.8 Å². The molecule has 0 bridgehead atoms. The Labute approximate surface area is 160 Å². The molecule has 1 aromatic carbocycles. The van der Waals surface area contributed by atoms with Gasteiger partial charge in [-0.25, -0.2) is 8.78 Å². The number of pyridine rings is 1. The molecule has 0 aliphatic carbocycles. The van der Waals surface area contributed by atoms with Gasteiger partial charge < -0.3 is 10.2 Å². The van der Waals surface area contributed by atoms with Gasteiger partial charge in [-0.2, -0.15) is 5.26 Å². The molecule has 3 rings (SSSR count). The molecule has 2 aromatic rings. The Balaban J connectivity index is 1.66. The van der Waals surface area contributed by atoms with Gasteiger partial charge in [0.05, 0.1) is 19.2 Å². The minimum Gasteiger partial charge on any atom is -0.343 e. The lowest BCUT2D eigenvalue weighted by atomic mass is 10.0. The molecule has 1 saturated heterocycles. The molecule has 2 heterocycles. The summed E-state index contributed by atoms with van der Waals surface area (Å²) in [6, 6.07) is 11.6. The molecule has 0 spiro atoms. The summed E-state index contributed by atoms with van der Waals surface area (Å²) < 4.78 is 27.0. The minimum absolute atomic E-state index is 0.357. The van der Waals surface area contributed by atoms with Gasteiger partial charge in [0.2, 0.25) is 5.91 Å². The average Bonchev–Trinajstić information content (AvgIpc) is 3.02.